The van der Waals surface area contributed by atoms with Crippen molar-refractivity contribution < 1.29 is 9.84 Å². The van der Waals surface area contributed by atoms with Gasteiger partial charge in [-0.05, 0) is 42.5 Å². The van der Waals surface area contributed by atoms with Crippen LogP contribution in [0.1, 0.15) is 26.3 Å². The third-order valence-corrected chi connectivity index (χ3v) is 5.02. The number of benzene rings is 2. The second-order valence-corrected chi connectivity index (χ2v) is 6.44. The summed E-state index contributed by atoms with van der Waals surface area (Å²) in [5, 5.41) is 13.1. The molecule has 2 aromatic rings. The van der Waals surface area contributed by atoms with Crippen LogP contribution in [-0.4, -0.2) is 23.4 Å². The van der Waals surface area contributed by atoms with Gasteiger partial charge in [0.1, 0.15) is 0 Å². The van der Waals surface area contributed by atoms with Crippen molar-refractivity contribution in [2.75, 3.05) is 0 Å². The summed E-state index contributed by atoms with van der Waals surface area (Å²) < 4.78 is 5.86. The summed E-state index contributed by atoms with van der Waals surface area (Å²) in [6.45, 7) is 6.36. The van der Waals surface area contributed by atoms with Crippen molar-refractivity contribution >= 4 is 10.8 Å². The third-order valence-electron chi connectivity index (χ3n) is 5.02. The molecule has 2 nitrogen and oxygen atoms in total. The third kappa shape index (κ3) is 2.83. The predicted molar refractivity (Wildman–Crippen MR) is 86.3 cm³/mol. The minimum Gasteiger partial charge on any atom is -0.392 e. The summed E-state index contributed by atoms with van der Waals surface area (Å²) in [5.74, 6) is 0.613. The molecule has 112 valence electrons. The summed E-state index contributed by atoms with van der Waals surface area (Å²) in [5.41, 5.74) is 1.19. The van der Waals surface area contributed by atoms with Gasteiger partial charge in [-0.25, -0.2) is 0 Å². The molecule has 0 amide bonds. The fourth-order valence-electron chi connectivity index (χ4n) is 3.70. The zero-order chi connectivity index (χ0) is 15.0. The molecule has 1 aliphatic heterocycles. The van der Waals surface area contributed by atoms with E-state index in [-0.39, 0.29) is 24.2 Å². The van der Waals surface area contributed by atoms with Crippen molar-refractivity contribution in [3.8, 4) is 0 Å². The predicted octanol–water partition coefficient (Wildman–Crippen LogP) is 3.80. The van der Waals surface area contributed by atoms with E-state index in [1.165, 1.54) is 16.3 Å². The summed E-state index contributed by atoms with van der Waals surface area (Å²) in [6.07, 6.45) is 0.711. The molecule has 0 aromatic heterocycles. The lowest BCUT2D eigenvalue weighted by Crippen LogP contribution is -2.32. The van der Waals surface area contributed by atoms with Crippen LogP contribution in [0.4, 0.5) is 0 Å². The van der Waals surface area contributed by atoms with Gasteiger partial charge in [0.2, 0.25) is 0 Å². The van der Waals surface area contributed by atoms with E-state index in [0.717, 1.165) is 0 Å². The lowest BCUT2D eigenvalue weighted by molar-refractivity contribution is 0.0240. The Kier molecular flexibility index (Phi) is 4.01. The van der Waals surface area contributed by atoms with Crippen molar-refractivity contribution in [1.82, 2.24) is 0 Å². The van der Waals surface area contributed by atoms with Crippen LogP contribution in [0.25, 0.3) is 10.8 Å². The number of ether oxygens (including phenoxy) is 1. The molecule has 1 aliphatic rings. The molecular formula is C19H24O2. The van der Waals surface area contributed by atoms with Crippen molar-refractivity contribution in [3.63, 3.8) is 0 Å². The van der Waals surface area contributed by atoms with Crippen molar-refractivity contribution in [2.45, 2.75) is 45.5 Å². The highest BCUT2D eigenvalue weighted by atomic mass is 16.5. The first kappa shape index (κ1) is 14.6. The Morgan fingerprint density at radius 1 is 1.00 bits per heavy atom. The Bertz CT molecular complexity index is 622. The summed E-state index contributed by atoms with van der Waals surface area (Å²) in [4.78, 5) is 0. The van der Waals surface area contributed by atoms with Crippen LogP contribution in [-0.2, 0) is 11.2 Å². The molecule has 0 radical (unpaired) electrons. The van der Waals surface area contributed by atoms with Gasteiger partial charge in [0.25, 0.3) is 0 Å². The van der Waals surface area contributed by atoms with Gasteiger partial charge < -0.3 is 9.84 Å². The van der Waals surface area contributed by atoms with E-state index in [9.17, 15) is 5.11 Å². The van der Waals surface area contributed by atoms with Crippen LogP contribution in [0.15, 0.2) is 42.5 Å². The van der Waals surface area contributed by atoms with E-state index in [4.69, 9.17) is 4.74 Å². The van der Waals surface area contributed by atoms with E-state index in [1.807, 2.05) is 0 Å². The Hall–Kier alpha value is -1.38. The van der Waals surface area contributed by atoms with Gasteiger partial charge in [-0.3, -0.25) is 0 Å². The summed E-state index contributed by atoms with van der Waals surface area (Å²) >= 11 is 0. The Balaban J connectivity index is 1.78. The molecule has 0 aliphatic carbocycles. The van der Waals surface area contributed by atoms with Crippen molar-refractivity contribution in [1.29, 1.82) is 0 Å². The van der Waals surface area contributed by atoms with E-state index in [1.54, 1.807) is 0 Å². The molecule has 1 N–H and O–H groups in total. The monoisotopic (exact) mass is 284 g/mol. The highest BCUT2D eigenvalue weighted by Crippen LogP contribution is 2.35. The molecule has 0 bridgehead atoms. The summed E-state index contributed by atoms with van der Waals surface area (Å²) in [7, 11) is 0. The molecule has 2 aromatic carbocycles. The Morgan fingerprint density at radius 3 is 2.38 bits per heavy atom. The fraction of sp³-hybridized carbons (Fsp3) is 0.474. The highest BCUT2D eigenvalue weighted by Gasteiger charge is 2.40. The van der Waals surface area contributed by atoms with Crippen LogP contribution in [0.5, 0.6) is 0 Å². The number of rotatable bonds is 3. The molecule has 5 unspecified atom stereocenters. The first-order valence-electron chi connectivity index (χ1n) is 7.87. The van der Waals surface area contributed by atoms with Crippen LogP contribution in [0.2, 0.25) is 0 Å². The van der Waals surface area contributed by atoms with E-state index < -0.39 is 0 Å². The van der Waals surface area contributed by atoms with Crippen LogP contribution >= 0.6 is 0 Å². The molecule has 21 heavy (non-hydrogen) atoms. The van der Waals surface area contributed by atoms with Crippen LogP contribution in [0, 0.1) is 11.8 Å². The average molecular weight is 284 g/mol. The van der Waals surface area contributed by atoms with Gasteiger partial charge in [0.05, 0.1) is 18.3 Å². The van der Waals surface area contributed by atoms with Gasteiger partial charge in [0, 0.05) is 5.92 Å². The number of aliphatic hydroxyl groups excluding tert-OH is 1. The maximum Gasteiger partial charge on any atom is 0.0636 e. The lowest BCUT2D eigenvalue weighted by atomic mass is 9.82. The minimum absolute atomic E-state index is 0.130. The molecule has 0 spiro atoms. The van der Waals surface area contributed by atoms with Gasteiger partial charge in [-0.15, -0.1) is 0 Å². The maximum absolute atomic E-state index is 10.7. The van der Waals surface area contributed by atoms with Crippen molar-refractivity contribution in [3.05, 3.63) is 48.0 Å². The second kappa shape index (κ2) is 5.78. The molecule has 5 atom stereocenters. The van der Waals surface area contributed by atoms with Crippen molar-refractivity contribution in [2.24, 2.45) is 11.8 Å². The Labute approximate surface area is 126 Å². The smallest absolute Gasteiger partial charge is 0.0636 e. The van der Waals surface area contributed by atoms with Gasteiger partial charge in [-0.1, -0.05) is 49.4 Å². The number of aliphatic hydroxyl groups is 1. The number of hydrogen-bond acceptors (Lipinski definition) is 2. The topological polar surface area (TPSA) is 29.5 Å². The van der Waals surface area contributed by atoms with E-state index in [0.29, 0.717) is 12.3 Å². The zero-order valence-electron chi connectivity index (χ0n) is 13.0. The maximum atomic E-state index is 10.7. The summed E-state index contributed by atoms with van der Waals surface area (Å²) in [6, 6.07) is 14.8. The normalized spacial score (nSPS) is 30.7. The second-order valence-electron chi connectivity index (χ2n) is 6.44. The quantitative estimate of drug-likeness (QED) is 0.929. The lowest BCUT2D eigenvalue weighted by Gasteiger charge is -2.24. The molecule has 1 fully saturated rings. The highest BCUT2D eigenvalue weighted by molar-refractivity contribution is 5.82. The minimum atomic E-state index is -0.346. The van der Waals surface area contributed by atoms with Gasteiger partial charge in [-0.2, -0.15) is 0 Å². The number of hydrogen-bond donors (Lipinski definition) is 1. The van der Waals surface area contributed by atoms with Crippen LogP contribution in [0.3, 0.4) is 0 Å². The molecule has 1 saturated heterocycles. The fourth-order valence-corrected chi connectivity index (χ4v) is 3.70. The number of fused-ring (bicyclic) bond motifs is 1. The van der Waals surface area contributed by atoms with Crippen LogP contribution < -0.4 is 0 Å². The SMILES string of the molecule is CC1OC(C)C(C(O)Cc2ccc3ccccc3c2)C1C. The van der Waals surface area contributed by atoms with Gasteiger partial charge in [0.15, 0.2) is 0 Å². The first-order chi connectivity index (χ1) is 10.1. The Morgan fingerprint density at radius 2 is 1.71 bits per heavy atom. The van der Waals surface area contributed by atoms with Gasteiger partial charge >= 0.3 is 0 Å². The zero-order valence-corrected chi connectivity index (χ0v) is 13.0. The molecule has 3 rings (SSSR count). The van der Waals surface area contributed by atoms with E-state index >= 15 is 0 Å². The molecule has 1 heterocycles. The first-order valence-corrected chi connectivity index (χ1v) is 7.87. The molecular weight excluding hydrogens is 260 g/mol. The molecule has 2 heteroatoms. The largest absolute Gasteiger partial charge is 0.392 e. The standard InChI is InChI=1S/C19H24O2/c1-12-13(2)21-14(3)19(12)18(20)11-15-8-9-16-6-4-5-7-17(16)10-15/h4-10,12-14,18-20H,11H2,1-3H3. The van der Waals surface area contributed by atoms with E-state index in [2.05, 4.69) is 63.2 Å². The average Bonchev–Trinajstić information content (AvgIpc) is 2.72. The molecule has 0 saturated carbocycles.